The second-order valence-electron chi connectivity index (χ2n) is 3.96. The van der Waals surface area contributed by atoms with Crippen molar-refractivity contribution in [1.29, 1.82) is 0 Å². The molecule has 0 radical (unpaired) electrons. The van der Waals surface area contributed by atoms with Crippen molar-refractivity contribution in [1.82, 2.24) is 0 Å². The second kappa shape index (κ2) is 3.79. The Morgan fingerprint density at radius 1 is 1.29 bits per heavy atom. The first kappa shape index (κ1) is 10.2. The van der Waals surface area contributed by atoms with E-state index in [1.165, 1.54) is 0 Å². The lowest BCUT2D eigenvalue weighted by Crippen LogP contribution is -2.30. The van der Waals surface area contributed by atoms with E-state index >= 15 is 0 Å². The van der Waals surface area contributed by atoms with Crippen LogP contribution in [-0.2, 0) is 4.74 Å². The number of allylic oxidation sites excluding steroid dienone is 2. The number of hydrogen-bond acceptors (Lipinski definition) is 3. The number of para-hydroxylation sites is 1. The first-order valence-electron chi connectivity index (χ1n) is 5.45. The van der Waals surface area contributed by atoms with Gasteiger partial charge in [-0.1, -0.05) is 18.2 Å². The first-order chi connectivity index (χ1) is 8.31. The first-order valence-corrected chi connectivity index (χ1v) is 5.45. The lowest BCUT2D eigenvalue weighted by Gasteiger charge is -2.23. The van der Waals surface area contributed by atoms with Crippen LogP contribution < -0.4 is 0 Å². The molecule has 1 atom stereocenters. The molecule has 0 N–H and O–H groups in total. The highest BCUT2D eigenvalue weighted by Gasteiger charge is 2.30. The minimum atomic E-state index is -0.229. The molecule has 0 spiro atoms. The zero-order chi connectivity index (χ0) is 11.8. The molecule has 3 nitrogen and oxygen atoms in total. The minimum Gasteiger partial charge on any atom is -0.371 e. The highest BCUT2D eigenvalue weighted by atomic mass is 16.5. The van der Waals surface area contributed by atoms with Gasteiger partial charge in [0.2, 0.25) is 0 Å². The van der Waals surface area contributed by atoms with Gasteiger partial charge in [0.25, 0.3) is 0 Å². The van der Waals surface area contributed by atoms with Crippen molar-refractivity contribution < 1.29 is 9.53 Å². The molecular weight excluding hydrogens is 214 g/mol. The summed E-state index contributed by atoms with van der Waals surface area (Å²) in [6.07, 6.45) is 5.30. The molecule has 17 heavy (non-hydrogen) atoms. The molecule has 0 aromatic heterocycles. The van der Waals surface area contributed by atoms with Gasteiger partial charge < -0.3 is 4.74 Å². The summed E-state index contributed by atoms with van der Waals surface area (Å²) in [5.41, 5.74) is 2.73. The number of carbonyl (C=O) groups excluding carboxylic acids is 1. The summed E-state index contributed by atoms with van der Waals surface area (Å²) >= 11 is 0. The van der Waals surface area contributed by atoms with Crippen LogP contribution in [0, 0.1) is 0 Å². The van der Waals surface area contributed by atoms with E-state index in [1.807, 2.05) is 30.4 Å². The van der Waals surface area contributed by atoms with Gasteiger partial charge in [0.05, 0.1) is 11.4 Å². The maximum atomic E-state index is 12.3. The summed E-state index contributed by atoms with van der Waals surface area (Å²) in [7, 11) is 1.62. The topological polar surface area (TPSA) is 38.7 Å². The van der Waals surface area contributed by atoms with Crippen LogP contribution >= 0.6 is 0 Å². The van der Waals surface area contributed by atoms with Crippen LogP contribution in [0.15, 0.2) is 53.1 Å². The SMILES string of the molecule is COC1C=CC=C2C(=O)c3ccccc3N=C21. The van der Waals surface area contributed by atoms with Crippen LogP contribution in [0.25, 0.3) is 0 Å². The Morgan fingerprint density at radius 2 is 2.12 bits per heavy atom. The van der Waals surface area contributed by atoms with E-state index in [0.29, 0.717) is 16.8 Å². The van der Waals surface area contributed by atoms with E-state index < -0.39 is 0 Å². The van der Waals surface area contributed by atoms with Crippen molar-refractivity contribution >= 4 is 17.2 Å². The summed E-state index contributed by atoms with van der Waals surface area (Å²) in [6.45, 7) is 0. The van der Waals surface area contributed by atoms with Crippen LogP contribution in [0.5, 0.6) is 0 Å². The zero-order valence-corrected chi connectivity index (χ0v) is 9.38. The average Bonchev–Trinajstić information content (AvgIpc) is 2.38. The fourth-order valence-electron chi connectivity index (χ4n) is 2.13. The maximum absolute atomic E-state index is 12.3. The van der Waals surface area contributed by atoms with Gasteiger partial charge in [-0.3, -0.25) is 4.79 Å². The van der Waals surface area contributed by atoms with E-state index in [-0.39, 0.29) is 11.9 Å². The van der Waals surface area contributed by atoms with Gasteiger partial charge in [-0.25, -0.2) is 4.99 Å². The average molecular weight is 225 g/mol. The number of aliphatic imine (C=N–C) groups is 1. The maximum Gasteiger partial charge on any atom is 0.197 e. The van der Waals surface area contributed by atoms with Crippen LogP contribution in [0.4, 0.5) is 5.69 Å². The Kier molecular flexibility index (Phi) is 2.27. The van der Waals surface area contributed by atoms with Gasteiger partial charge in [0.15, 0.2) is 5.78 Å². The lowest BCUT2D eigenvalue weighted by atomic mass is 9.89. The summed E-state index contributed by atoms with van der Waals surface area (Å²) in [4.78, 5) is 16.8. The molecule has 0 saturated carbocycles. The highest BCUT2D eigenvalue weighted by molar-refractivity contribution is 6.33. The van der Waals surface area contributed by atoms with Crippen molar-refractivity contribution in [3.63, 3.8) is 0 Å². The predicted octanol–water partition coefficient (Wildman–Crippen LogP) is 2.47. The molecule has 0 bridgehead atoms. The fourth-order valence-corrected chi connectivity index (χ4v) is 2.13. The Morgan fingerprint density at radius 3 is 2.94 bits per heavy atom. The van der Waals surface area contributed by atoms with E-state index in [4.69, 9.17) is 4.74 Å². The van der Waals surface area contributed by atoms with Gasteiger partial charge in [-0.2, -0.15) is 0 Å². The minimum absolute atomic E-state index is 0.0250. The number of nitrogens with zero attached hydrogens (tertiary/aromatic N) is 1. The molecule has 1 aromatic carbocycles. The number of ether oxygens (including phenoxy) is 1. The number of ketones is 1. The van der Waals surface area contributed by atoms with Gasteiger partial charge in [0.1, 0.15) is 6.10 Å². The van der Waals surface area contributed by atoms with E-state index in [1.54, 1.807) is 19.3 Å². The molecule has 2 aliphatic rings. The molecule has 0 fully saturated rings. The molecule has 1 unspecified atom stereocenters. The van der Waals surface area contributed by atoms with E-state index in [0.717, 1.165) is 5.69 Å². The number of carbonyl (C=O) groups is 1. The van der Waals surface area contributed by atoms with Gasteiger partial charge in [-0.05, 0) is 24.3 Å². The number of methoxy groups -OCH3 is 1. The molecule has 84 valence electrons. The summed E-state index contributed by atoms with van der Waals surface area (Å²) in [5.74, 6) is 0.0250. The Hall–Kier alpha value is -2.00. The third-order valence-electron chi connectivity index (χ3n) is 2.98. The molecule has 1 heterocycles. The molecule has 3 rings (SSSR count). The predicted molar refractivity (Wildman–Crippen MR) is 65.9 cm³/mol. The normalized spacial score (nSPS) is 21.5. The molecular formula is C14H11NO2. The number of fused-ring (bicyclic) bond motifs is 2. The summed E-state index contributed by atoms with van der Waals surface area (Å²) in [6, 6.07) is 7.39. The van der Waals surface area contributed by atoms with Crippen molar-refractivity contribution in [2.24, 2.45) is 4.99 Å². The van der Waals surface area contributed by atoms with Crippen molar-refractivity contribution in [3.8, 4) is 0 Å². The second-order valence-corrected chi connectivity index (χ2v) is 3.96. The highest BCUT2D eigenvalue weighted by Crippen LogP contribution is 2.31. The molecule has 1 aliphatic carbocycles. The monoisotopic (exact) mass is 225 g/mol. The van der Waals surface area contributed by atoms with Gasteiger partial charge in [0, 0.05) is 18.2 Å². The zero-order valence-electron chi connectivity index (χ0n) is 9.38. The largest absolute Gasteiger partial charge is 0.371 e. The van der Waals surface area contributed by atoms with E-state index in [2.05, 4.69) is 4.99 Å². The number of hydrogen-bond donors (Lipinski definition) is 0. The fraction of sp³-hybridized carbons (Fsp3) is 0.143. The molecule has 3 heteroatoms. The number of benzene rings is 1. The lowest BCUT2D eigenvalue weighted by molar-refractivity contribution is 0.103. The standard InChI is InChI=1S/C14H11NO2/c1-17-12-8-4-6-10-13(12)15-11-7-3-2-5-9(11)14(10)16/h2-8,12H,1H3. The third-order valence-corrected chi connectivity index (χ3v) is 2.98. The van der Waals surface area contributed by atoms with Crippen LogP contribution in [-0.4, -0.2) is 24.7 Å². The quantitative estimate of drug-likeness (QED) is 0.736. The molecule has 0 amide bonds. The molecule has 1 aromatic rings. The summed E-state index contributed by atoms with van der Waals surface area (Å²) < 4.78 is 5.31. The third kappa shape index (κ3) is 1.47. The molecule has 0 saturated heterocycles. The Labute approximate surface area is 99.1 Å². The van der Waals surface area contributed by atoms with Crippen molar-refractivity contribution in [2.75, 3.05) is 7.11 Å². The van der Waals surface area contributed by atoms with Gasteiger partial charge in [-0.15, -0.1) is 0 Å². The van der Waals surface area contributed by atoms with Crippen molar-refractivity contribution in [2.45, 2.75) is 6.10 Å². The van der Waals surface area contributed by atoms with Crippen LogP contribution in [0.1, 0.15) is 10.4 Å². The van der Waals surface area contributed by atoms with Crippen LogP contribution in [0.2, 0.25) is 0 Å². The Bertz CT molecular complexity index is 582. The smallest absolute Gasteiger partial charge is 0.197 e. The number of rotatable bonds is 1. The number of Topliss-reactive ketones (excluding diaryl/α,β-unsaturated/α-hetero) is 1. The van der Waals surface area contributed by atoms with E-state index in [9.17, 15) is 4.79 Å². The Balaban J connectivity index is 2.21. The van der Waals surface area contributed by atoms with Gasteiger partial charge >= 0.3 is 0 Å². The molecule has 1 aliphatic heterocycles. The van der Waals surface area contributed by atoms with Crippen molar-refractivity contribution in [3.05, 3.63) is 53.6 Å². The summed E-state index contributed by atoms with van der Waals surface area (Å²) in [5, 5.41) is 0. The van der Waals surface area contributed by atoms with Crippen LogP contribution in [0.3, 0.4) is 0 Å².